The van der Waals surface area contributed by atoms with Gasteiger partial charge in [-0.1, -0.05) is 36.4 Å². The number of carbonyl (C=O) groups is 1. The van der Waals surface area contributed by atoms with E-state index in [0.29, 0.717) is 5.57 Å². The van der Waals surface area contributed by atoms with E-state index in [0.717, 1.165) is 16.5 Å². The fourth-order valence-electron chi connectivity index (χ4n) is 1.99. The molecular weight excluding hydrogens is 228 g/mol. The number of cyclic esters (lactones) is 1. The Kier molecular flexibility index (Phi) is 2.52. The molecule has 1 unspecified atom stereocenters. The van der Waals surface area contributed by atoms with E-state index in [1.165, 1.54) is 0 Å². The fraction of sp³-hybridized carbons (Fsp3) is 0.133. The van der Waals surface area contributed by atoms with Crippen molar-refractivity contribution in [1.82, 2.24) is 0 Å². The summed E-state index contributed by atoms with van der Waals surface area (Å²) in [5.41, 5.74) is 0.584. The minimum absolute atomic E-state index is 0.319. The van der Waals surface area contributed by atoms with Gasteiger partial charge in [-0.2, -0.15) is 0 Å². The van der Waals surface area contributed by atoms with Crippen molar-refractivity contribution in [1.29, 1.82) is 0 Å². The number of hydrogen-bond acceptors (Lipinski definition) is 3. The first-order valence-electron chi connectivity index (χ1n) is 5.78. The van der Waals surface area contributed by atoms with Gasteiger partial charge in [0.05, 0.1) is 0 Å². The van der Waals surface area contributed by atoms with Gasteiger partial charge in [-0.15, -0.1) is 0 Å². The van der Waals surface area contributed by atoms with Crippen LogP contribution < -0.4 is 4.74 Å². The van der Waals surface area contributed by atoms with Crippen LogP contribution in [0.3, 0.4) is 0 Å². The van der Waals surface area contributed by atoms with Crippen molar-refractivity contribution >= 4 is 16.7 Å². The van der Waals surface area contributed by atoms with E-state index in [4.69, 9.17) is 9.47 Å². The van der Waals surface area contributed by atoms with Crippen molar-refractivity contribution < 1.29 is 14.3 Å². The van der Waals surface area contributed by atoms with Gasteiger partial charge in [-0.05, 0) is 18.4 Å². The third kappa shape index (κ3) is 1.84. The molecule has 0 fully saturated rings. The van der Waals surface area contributed by atoms with Crippen LogP contribution >= 0.6 is 0 Å². The number of benzene rings is 2. The van der Waals surface area contributed by atoms with Crippen molar-refractivity contribution in [3.8, 4) is 5.75 Å². The summed E-state index contributed by atoms with van der Waals surface area (Å²) in [6.07, 6.45) is 1.06. The van der Waals surface area contributed by atoms with Gasteiger partial charge in [-0.3, -0.25) is 0 Å². The highest BCUT2D eigenvalue weighted by atomic mass is 16.7. The largest absolute Gasteiger partial charge is 0.450 e. The van der Waals surface area contributed by atoms with Crippen molar-refractivity contribution in [3.05, 3.63) is 54.1 Å². The summed E-state index contributed by atoms with van der Waals surface area (Å²) in [5.74, 6) is 0.400. The quantitative estimate of drug-likeness (QED) is 0.757. The topological polar surface area (TPSA) is 35.5 Å². The third-order valence-corrected chi connectivity index (χ3v) is 2.92. The van der Waals surface area contributed by atoms with Gasteiger partial charge in [0, 0.05) is 17.0 Å². The molecule has 0 aliphatic carbocycles. The van der Waals surface area contributed by atoms with Gasteiger partial charge in [-0.25, -0.2) is 4.79 Å². The van der Waals surface area contributed by atoms with Crippen LogP contribution in [0.2, 0.25) is 0 Å². The maximum Gasteiger partial charge on any atom is 0.336 e. The smallest absolute Gasteiger partial charge is 0.336 e. The molecule has 3 rings (SSSR count). The number of ether oxygens (including phenoxy) is 2. The molecule has 0 saturated heterocycles. The molecule has 0 saturated carbocycles. The summed E-state index contributed by atoms with van der Waals surface area (Å²) in [7, 11) is 0. The van der Waals surface area contributed by atoms with Gasteiger partial charge in [0.2, 0.25) is 0 Å². The molecule has 18 heavy (non-hydrogen) atoms. The first kappa shape index (κ1) is 10.8. The molecule has 1 atom stereocenters. The summed E-state index contributed by atoms with van der Waals surface area (Å²) >= 11 is 0. The monoisotopic (exact) mass is 240 g/mol. The first-order valence-corrected chi connectivity index (χ1v) is 5.78. The molecule has 3 heteroatoms. The molecule has 0 radical (unpaired) electrons. The van der Waals surface area contributed by atoms with Gasteiger partial charge in [0.25, 0.3) is 6.29 Å². The molecule has 90 valence electrons. The van der Waals surface area contributed by atoms with Crippen molar-refractivity contribution in [2.45, 2.75) is 13.2 Å². The highest BCUT2D eigenvalue weighted by Gasteiger charge is 2.23. The molecule has 0 spiro atoms. The molecule has 3 nitrogen and oxygen atoms in total. The molecule has 2 aromatic carbocycles. The number of rotatable bonds is 2. The van der Waals surface area contributed by atoms with Gasteiger partial charge >= 0.3 is 5.97 Å². The third-order valence-electron chi connectivity index (χ3n) is 2.92. The molecule has 0 N–H and O–H groups in total. The van der Waals surface area contributed by atoms with Crippen LogP contribution in [0.25, 0.3) is 10.8 Å². The van der Waals surface area contributed by atoms with E-state index in [1.54, 1.807) is 13.0 Å². The van der Waals surface area contributed by atoms with Crippen LogP contribution in [-0.2, 0) is 9.53 Å². The predicted molar refractivity (Wildman–Crippen MR) is 68.2 cm³/mol. The van der Waals surface area contributed by atoms with Crippen molar-refractivity contribution in [2.75, 3.05) is 0 Å². The molecule has 0 bridgehead atoms. The second kappa shape index (κ2) is 4.18. The van der Waals surface area contributed by atoms with E-state index in [2.05, 4.69) is 0 Å². The van der Waals surface area contributed by atoms with Crippen LogP contribution in [0, 0.1) is 0 Å². The van der Waals surface area contributed by atoms with Gasteiger partial charge in [0.15, 0.2) is 0 Å². The molecule has 1 aliphatic heterocycles. The molecule has 0 aromatic heterocycles. The normalized spacial score (nSPS) is 18.6. The number of esters is 1. The van der Waals surface area contributed by atoms with E-state index in [-0.39, 0.29) is 5.97 Å². The Labute approximate surface area is 105 Å². The summed E-state index contributed by atoms with van der Waals surface area (Å²) < 4.78 is 10.8. The Morgan fingerprint density at radius 3 is 2.67 bits per heavy atom. The van der Waals surface area contributed by atoms with Crippen LogP contribution in [-0.4, -0.2) is 12.3 Å². The predicted octanol–water partition coefficient (Wildman–Crippen LogP) is 3.05. The van der Waals surface area contributed by atoms with Gasteiger partial charge < -0.3 is 9.47 Å². The Balaban J connectivity index is 1.94. The average molecular weight is 240 g/mol. The number of fused-ring (bicyclic) bond motifs is 1. The second-order valence-corrected chi connectivity index (χ2v) is 4.22. The van der Waals surface area contributed by atoms with Crippen molar-refractivity contribution in [3.63, 3.8) is 0 Å². The minimum Gasteiger partial charge on any atom is -0.450 e. The molecule has 1 heterocycles. The molecule has 0 amide bonds. The zero-order valence-electron chi connectivity index (χ0n) is 9.92. The Morgan fingerprint density at radius 1 is 1.11 bits per heavy atom. The van der Waals surface area contributed by atoms with E-state index in [1.807, 2.05) is 42.5 Å². The first-order chi connectivity index (χ1) is 8.74. The van der Waals surface area contributed by atoms with E-state index < -0.39 is 6.29 Å². The lowest BCUT2D eigenvalue weighted by Gasteiger charge is -2.13. The van der Waals surface area contributed by atoms with Crippen molar-refractivity contribution in [2.24, 2.45) is 0 Å². The molecule has 1 aliphatic rings. The van der Waals surface area contributed by atoms with E-state index >= 15 is 0 Å². The lowest BCUT2D eigenvalue weighted by atomic mass is 10.1. The van der Waals surface area contributed by atoms with Gasteiger partial charge in [0.1, 0.15) is 5.75 Å². The van der Waals surface area contributed by atoms with E-state index in [9.17, 15) is 4.79 Å². The fourth-order valence-corrected chi connectivity index (χ4v) is 1.99. The van der Waals surface area contributed by atoms with Crippen LogP contribution in [0.1, 0.15) is 6.92 Å². The summed E-state index contributed by atoms with van der Waals surface area (Å²) in [5, 5.41) is 2.11. The Bertz CT molecular complexity index is 638. The summed E-state index contributed by atoms with van der Waals surface area (Å²) in [6.45, 7) is 1.72. The number of hydrogen-bond donors (Lipinski definition) is 0. The maximum atomic E-state index is 11.3. The highest BCUT2D eigenvalue weighted by Crippen LogP contribution is 2.27. The second-order valence-electron chi connectivity index (χ2n) is 4.22. The Morgan fingerprint density at radius 2 is 1.89 bits per heavy atom. The van der Waals surface area contributed by atoms with Crippen LogP contribution in [0.5, 0.6) is 5.75 Å². The standard InChI is InChI=1S/C15H12O3/c1-10-9-14(18-15(10)16)17-13-8-4-6-11-5-2-3-7-12(11)13/h2-9,14H,1H3. The minimum atomic E-state index is -0.622. The van der Waals surface area contributed by atoms with Crippen LogP contribution in [0.15, 0.2) is 54.1 Å². The van der Waals surface area contributed by atoms with Crippen LogP contribution in [0.4, 0.5) is 0 Å². The SMILES string of the molecule is CC1=CC(Oc2cccc3ccccc23)OC1=O. The number of carbonyl (C=O) groups excluding carboxylic acids is 1. The molecule has 2 aromatic rings. The zero-order valence-corrected chi connectivity index (χ0v) is 9.92. The zero-order chi connectivity index (χ0) is 12.5. The highest BCUT2D eigenvalue weighted by molar-refractivity contribution is 5.90. The lowest BCUT2D eigenvalue weighted by Crippen LogP contribution is -2.15. The average Bonchev–Trinajstić information content (AvgIpc) is 2.69. The maximum absolute atomic E-state index is 11.3. The Hall–Kier alpha value is -2.29. The summed E-state index contributed by atoms with van der Waals surface area (Å²) in [6, 6.07) is 13.7. The molecular formula is C15H12O3. The summed E-state index contributed by atoms with van der Waals surface area (Å²) in [4.78, 5) is 11.3. The lowest BCUT2D eigenvalue weighted by molar-refractivity contribution is -0.148.